The zero-order chi connectivity index (χ0) is 13.8. The van der Waals surface area contributed by atoms with Crippen molar-refractivity contribution in [3.05, 3.63) is 58.0 Å². The summed E-state index contributed by atoms with van der Waals surface area (Å²) in [5.41, 5.74) is -0.363. The van der Waals surface area contributed by atoms with Crippen LogP contribution in [0.2, 0.25) is 0 Å². The predicted octanol–water partition coefficient (Wildman–Crippen LogP) is 0.861. The third-order valence-corrected chi connectivity index (χ3v) is 2.26. The van der Waals surface area contributed by atoms with Crippen LogP contribution in [0.15, 0.2) is 44.2 Å². The number of hydrogen-bond acceptors (Lipinski definition) is 5. The van der Waals surface area contributed by atoms with E-state index in [0.717, 1.165) is 12.3 Å². The number of carbonyl (C=O) groups is 2. The van der Waals surface area contributed by atoms with Gasteiger partial charge in [-0.25, -0.2) is 9.59 Å². The Bertz CT molecular complexity index is 648. The Balaban J connectivity index is 1.98. The summed E-state index contributed by atoms with van der Waals surface area (Å²) in [6, 6.07) is 5.20. The Morgan fingerprint density at radius 1 is 1.21 bits per heavy atom. The zero-order valence-corrected chi connectivity index (χ0v) is 9.58. The minimum atomic E-state index is -1.18. The second-order valence-electron chi connectivity index (χ2n) is 3.60. The van der Waals surface area contributed by atoms with Crippen LogP contribution in [-0.2, 0) is 6.54 Å². The standard InChI is InChI=1S/C12H9NO6/c14-10-4-1-7(6-18-10)11(15)13-5-8-2-3-9(19-8)12(16)17/h1-4,6H,5H2,(H,13,15)(H,16,17). The molecule has 0 aliphatic heterocycles. The average molecular weight is 263 g/mol. The normalized spacial score (nSPS) is 10.1. The van der Waals surface area contributed by atoms with E-state index in [1.807, 2.05) is 0 Å². The van der Waals surface area contributed by atoms with E-state index >= 15 is 0 Å². The molecule has 1 amide bonds. The van der Waals surface area contributed by atoms with Crippen molar-refractivity contribution in [2.75, 3.05) is 0 Å². The number of carbonyl (C=O) groups excluding carboxylic acids is 1. The van der Waals surface area contributed by atoms with E-state index in [-0.39, 0.29) is 17.9 Å². The molecular formula is C12H9NO6. The summed E-state index contributed by atoms with van der Waals surface area (Å²) in [5, 5.41) is 11.2. The van der Waals surface area contributed by atoms with E-state index in [1.165, 1.54) is 18.2 Å². The number of carboxylic acids is 1. The summed E-state index contributed by atoms with van der Waals surface area (Å²) >= 11 is 0. The average Bonchev–Trinajstić information content (AvgIpc) is 2.86. The number of rotatable bonds is 4. The first-order valence-electron chi connectivity index (χ1n) is 5.25. The highest BCUT2D eigenvalue weighted by molar-refractivity contribution is 5.93. The number of aromatic carboxylic acids is 1. The molecule has 7 heteroatoms. The SMILES string of the molecule is O=C(NCc1ccc(C(=O)O)o1)c1ccc(=O)oc1. The first-order chi connectivity index (χ1) is 9.06. The molecule has 2 rings (SSSR count). The molecule has 0 spiro atoms. The molecule has 0 radical (unpaired) electrons. The lowest BCUT2D eigenvalue weighted by Gasteiger charge is -2.01. The van der Waals surface area contributed by atoms with Crippen LogP contribution in [0.3, 0.4) is 0 Å². The van der Waals surface area contributed by atoms with Crippen LogP contribution in [0.5, 0.6) is 0 Å². The monoisotopic (exact) mass is 263 g/mol. The molecule has 0 fully saturated rings. The van der Waals surface area contributed by atoms with Crippen LogP contribution in [0.1, 0.15) is 26.7 Å². The first-order valence-corrected chi connectivity index (χ1v) is 5.25. The van der Waals surface area contributed by atoms with Crippen LogP contribution in [0.4, 0.5) is 0 Å². The molecule has 0 atom stereocenters. The molecule has 2 aromatic rings. The van der Waals surface area contributed by atoms with Crippen LogP contribution < -0.4 is 10.9 Å². The number of carboxylic acid groups (broad SMARTS) is 1. The maximum Gasteiger partial charge on any atom is 0.371 e. The lowest BCUT2D eigenvalue weighted by Crippen LogP contribution is -2.22. The van der Waals surface area contributed by atoms with Crippen molar-refractivity contribution < 1.29 is 23.5 Å². The van der Waals surface area contributed by atoms with Crippen LogP contribution in [0, 0.1) is 0 Å². The van der Waals surface area contributed by atoms with Crippen molar-refractivity contribution in [2.24, 2.45) is 0 Å². The molecule has 0 unspecified atom stereocenters. The zero-order valence-electron chi connectivity index (χ0n) is 9.58. The van der Waals surface area contributed by atoms with E-state index in [9.17, 15) is 14.4 Å². The molecule has 0 bridgehead atoms. The fourth-order valence-electron chi connectivity index (χ4n) is 1.34. The molecule has 2 heterocycles. The Morgan fingerprint density at radius 2 is 2.00 bits per heavy atom. The maximum absolute atomic E-state index is 11.6. The molecule has 19 heavy (non-hydrogen) atoms. The summed E-state index contributed by atoms with van der Waals surface area (Å²) in [5.74, 6) is -1.53. The summed E-state index contributed by atoms with van der Waals surface area (Å²) in [6.07, 6.45) is 1.04. The Labute approximate surface area is 106 Å². The lowest BCUT2D eigenvalue weighted by atomic mass is 10.3. The van der Waals surface area contributed by atoms with Crippen molar-refractivity contribution >= 4 is 11.9 Å². The quantitative estimate of drug-likeness (QED) is 0.846. The molecule has 0 saturated carbocycles. The minimum absolute atomic E-state index is 0.0330. The highest BCUT2D eigenvalue weighted by Gasteiger charge is 2.11. The Kier molecular flexibility index (Phi) is 3.46. The van der Waals surface area contributed by atoms with Crippen molar-refractivity contribution in [1.82, 2.24) is 5.32 Å². The first kappa shape index (κ1) is 12.6. The van der Waals surface area contributed by atoms with Gasteiger partial charge in [-0.05, 0) is 18.2 Å². The van der Waals surface area contributed by atoms with E-state index < -0.39 is 17.5 Å². The maximum atomic E-state index is 11.6. The van der Waals surface area contributed by atoms with Gasteiger partial charge in [0.2, 0.25) is 5.76 Å². The van der Waals surface area contributed by atoms with Gasteiger partial charge in [-0.3, -0.25) is 4.79 Å². The fourth-order valence-corrected chi connectivity index (χ4v) is 1.34. The predicted molar refractivity (Wildman–Crippen MR) is 61.8 cm³/mol. The Hall–Kier alpha value is -2.83. The van der Waals surface area contributed by atoms with Crippen LogP contribution in [-0.4, -0.2) is 17.0 Å². The number of hydrogen-bond donors (Lipinski definition) is 2. The van der Waals surface area contributed by atoms with E-state index in [1.54, 1.807) is 0 Å². The van der Waals surface area contributed by atoms with E-state index in [2.05, 4.69) is 9.73 Å². The third kappa shape index (κ3) is 3.09. The van der Waals surface area contributed by atoms with Gasteiger partial charge in [0.25, 0.3) is 5.91 Å². The van der Waals surface area contributed by atoms with Crippen molar-refractivity contribution in [2.45, 2.75) is 6.54 Å². The van der Waals surface area contributed by atoms with Gasteiger partial charge in [0.1, 0.15) is 12.0 Å². The fraction of sp³-hybridized carbons (Fsp3) is 0.0833. The second-order valence-corrected chi connectivity index (χ2v) is 3.60. The van der Waals surface area contributed by atoms with Gasteiger partial charge in [0, 0.05) is 6.07 Å². The topological polar surface area (TPSA) is 110 Å². The minimum Gasteiger partial charge on any atom is -0.475 e. The molecule has 2 aromatic heterocycles. The Morgan fingerprint density at radius 3 is 2.58 bits per heavy atom. The van der Waals surface area contributed by atoms with Gasteiger partial charge < -0.3 is 19.3 Å². The highest BCUT2D eigenvalue weighted by Crippen LogP contribution is 2.07. The van der Waals surface area contributed by atoms with Gasteiger partial charge in [-0.1, -0.05) is 0 Å². The molecule has 0 aromatic carbocycles. The van der Waals surface area contributed by atoms with E-state index in [4.69, 9.17) is 9.52 Å². The molecule has 0 saturated heterocycles. The van der Waals surface area contributed by atoms with Gasteiger partial charge in [0.05, 0.1) is 12.1 Å². The van der Waals surface area contributed by atoms with Gasteiger partial charge in [-0.15, -0.1) is 0 Å². The molecule has 98 valence electrons. The third-order valence-electron chi connectivity index (χ3n) is 2.26. The summed E-state index contributed by atoms with van der Waals surface area (Å²) < 4.78 is 9.51. The summed E-state index contributed by atoms with van der Waals surface area (Å²) in [6.45, 7) is 0.0330. The van der Waals surface area contributed by atoms with Crippen LogP contribution in [0.25, 0.3) is 0 Å². The van der Waals surface area contributed by atoms with Crippen molar-refractivity contribution in [3.8, 4) is 0 Å². The van der Waals surface area contributed by atoms with Crippen LogP contribution >= 0.6 is 0 Å². The largest absolute Gasteiger partial charge is 0.475 e. The van der Waals surface area contributed by atoms with Gasteiger partial charge in [-0.2, -0.15) is 0 Å². The molecule has 7 nitrogen and oxygen atoms in total. The van der Waals surface area contributed by atoms with Gasteiger partial charge >= 0.3 is 11.6 Å². The lowest BCUT2D eigenvalue weighted by molar-refractivity contribution is 0.0660. The highest BCUT2D eigenvalue weighted by atomic mass is 16.4. The van der Waals surface area contributed by atoms with Crippen molar-refractivity contribution in [1.29, 1.82) is 0 Å². The summed E-state index contributed by atoms with van der Waals surface area (Å²) in [7, 11) is 0. The second kappa shape index (κ2) is 5.21. The molecular weight excluding hydrogens is 254 g/mol. The van der Waals surface area contributed by atoms with Crippen molar-refractivity contribution in [3.63, 3.8) is 0 Å². The van der Waals surface area contributed by atoms with E-state index in [0.29, 0.717) is 5.76 Å². The number of nitrogens with one attached hydrogen (secondary N) is 1. The molecule has 0 aliphatic rings. The smallest absolute Gasteiger partial charge is 0.371 e. The number of furan rings is 1. The summed E-state index contributed by atoms with van der Waals surface area (Å²) in [4.78, 5) is 32.9. The van der Waals surface area contributed by atoms with Gasteiger partial charge in [0.15, 0.2) is 0 Å². The molecule has 2 N–H and O–H groups in total. The number of amides is 1. The molecule has 0 aliphatic carbocycles.